The summed E-state index contributed by atoms with van der Waals surface area (Å²) in [5.74, 6) is 1.11. The van der Waals surface area contributed by atoms with Gasteiger partial charge < -0.3 is 9.47 Å². The summed E-state index contributed by atoms with van der Waals surface area (Å²) in [6, 6.07) is 19.5. The number of methoxy groups -OCH3 is 2. The summed E-state index contributed by atoms with van der Waals surface area (Å²) < 4.78 is 40.5. The lowest BCUT2D eigenvalue weighted by molar-refractivity contribution is -0.116. The summed E-state index contributed by atoms with van der Waals surface area (Å²) in [5.41, 5.74) is 4.57. The number of aryl methyl sites for hydroxylation is 2. The molecule has 1 amide bonds. The molecule has 1 heterocycles. The topological polar surface area (TPSA) is 103 Å². The summed E-state index contributed by atoms with van der Waals surface area (Å²) in [5, 5.41) is 2.87. The van der Waals surface area contributed by atoms with Crippen molar-refractivity contribution in [3.05, 3.63) is 84.1 Å². The van der Waals surface area contributed by atoms with E-state index in [2.05, 4.69) is 5.32 Å². The maximum Gasteiger partial charge on any atom is 0.243 e. The highest BCUT2D eigenvalue weighted by Gasteiger charge is 2.39. The Morgan fingerprint density at radius 3 is 2.15 bits per heavy atom. The van der Waals surface area contributed by atoms with Crippen molar-refractivity contribution in [2.75, 3.05) is 26.1 Å². The minimum absolute atomic E-state index is 0.117. The number of ether oxygens (including phenoxy) is 2. The molecule has 0 bridgehead atoms. The smallest absolute Gasteiger partial charge is 0.243 e. The summed E-state index contributed by atoms with van der Waals surface area (Å²) in [7, 11) is -0.761. The third kappa shape index (κ3) is 5.73. The fourth-order valence-electron chi connectivity index (χ4n) is 4.40. The van der Waals surface area contributed by atoms with E-state index in [-0.39, 0.29) is 17.5 Å². The summed E-state index contributed by atoms with van der Waals surface area (Å²) in [6.45, 7) is 3.74. The Morgan fingerprint density at radius 1 is 0.950 bits per heavy atom. The first kappa shape index (κ1) is 27.4. The van der Waals surface area contributed by atoms with Crippen molar-refractivity contribution in [1.29, 1.82) is 0 Å². The Morgan fingerprint density at radius 2 is 1.57 bits per heavy atom. The normalized spacial score (nSPS) is 13.3. The lowest BCUT2D eigenvalue weighted by Crippen LogP contribution is -2.39. The molecule has 9 nitrogen and oxygen atoms in total. The SMILES string of the molecule is COc1ccc(-c2cn(-c3ccc(C)c(C)c3)c(NC(=O)CN(C3CC3)S(=O)(=O)c3ccc(OC)cc3)n2)cc1. The summed E-state index contributed by atoms with van der Waals surface area (Å²) in [4.78, 5) is 18.2. The molecule has 0 spiro atoms. The third-order valence-electron chi connectivity index (χ3n) is 7.03. The van der Waals surface area contributed by atoms with Crippen molar-refractivity contribution >= 4 is 21.9 Å². The highest BCUT2D eigenvalue weighted by atomic mass is 32.2. The number of hydrogen-bond donors (Lipinski definition) is 1. The number of sulfonamides is 1. The summed E-state index contributed by atoms with van der Waals surface area (Å²) >= 11 is 0. The lowest BCUT2D eigenvalue weighted by atomic mass is 10.1. The first-order valence-electron chi connectivity index (χ1n) is 13.0. The second-order valence-electron chi connectivity index (χ2n) is 9.82. The van der Waals surface area contributed by atoms with Gasteiger partial charge in [-0.05, 0) is 98.5 Å². The van der Waals surface area contributed by atoms with E-state index in [0.29, 0.717) is 30.2 Å². The Labute approximate surface area is 234 Å². The molecule has 10 heteroatoms. The van der Waals surface area contributed by atoms with Gasteiger partial charge in [-0.25, -0.2) is 13.4 Å². The van der Waals surface area contributed by atoms with Gasteiger partial charge >= 0.3 is 0 Å². The maximum atomic E-state index is 13.5. The number of aromatic nitrogens is 2. The number of hydrogen-bond acceptors (Lipinski definition) is 6. The van der Waals surface area contributed by atoms with Gasteiger partial charge in [0, 0.05) is 23.5 Å². The van der Waals surface area contributed by atoms with Crippen LogP contribution in [-0.4, -0.2) is 55.0 Å². The summed E-state index contributed by atoms with van der Waals surface area (Å²) in [6.07, 6.45) is 3.28. The number of nitrogens with one attached hydrogen (secondary N) is 1. The highest BCUT2D eigenvalue weighted by Crippen LogP contribution is 2.33. The largest absolute Gasteiger partial charge is 0.497 e. The van der Waals surface area contributed by atoms with Crippen molar-refractivity contribution in [2.24, 2.45) is 0 Å². The molecule has 1 N–H and O–H groups in total. The van der Waals surface area contributed by atoms with Gasteiger partial charge in [-0.3, -0.25) is 14.7 Å². The quantitative estimate of drug-likeness (QED) is 0.294. The lowest BCUT2D eigenvalue weighted by Gasteiger charge is -2.21. The van der Waals surface area contributed by atoms with E-state index in [4.69, 9.17) is 14.5 Å². The maximum absolute atomic E-state index is 13.5. The van der Waals surface area contributed by atoms with E-state index in [1.165, 1.54) is 23.5 Å². The number of rotatable bonds is 10. The number of carbonyl (C=O) groups is 1. The van der Waals surface area contributed by atoms with E-state index >= 15 is 0 Å². The average Bonchev–Trinajstić information content (AvgIpc) is 3.72. The number of imidazole rings is 1. The molecule has 1 aliphatic rings. The van der Waals surface area contributed by atoms with Crippen molar-refractivity contribution in [2.45, 2.75) is 37.6 Å². The molecular weight excluding hydrogens is 528 g/mol. The second-order valence-corrected chi connectivity index (χ2v) is 11.7. The molecule has 3 aromatic carbocycles. The van der Waals surface area contributed by atoms with Crippen LogP contribution in [0.15, 0.2) is 77.8 Å². The minimum atomic E-state index is -3.89. The van der Waals surface area contributed by atoms with Gasteiger partial charge in [0.1, 0.15) is 11.5 Å². The molecule has 0 unspecified atom stereocenters. The Kier molecular flexibility index (Phi) is 7.64. The van der Waals surface area contributed by atoms with E-state index in [9.17, 15) is 13.2 Å². The van der Waals surface area contributed by atoms with Gasteiger partial charge in [0.15, 0.2) is 0 Å². The average molecular weight is 561 g/mol. The molecule has 4 aromatic rings. The molecule has 1 fully saturated rings. The molecule has 1 aliphatic carbocycles. The van der Waals surface area contributed by atoms with Gasteiger partial charge in [-0.1, -0.05) is 6.07 Å². The fraction of sp³-hybridized carbons (Fsp3) is 0.267. The van der Waals surface area contributed by atoms with E-state index in [1.54, 1.807) is 19.2 Å². The van der Waals surface area contributed by atoms with Gasteiger partial charge in [-0.2, -0.15) is 4.31 Å². The molecule has 5 rings (SSSR count). The molecule has 0 radical (unpaired) electrons. The van der Waals surface area contributed by atoms with E-state index in [1.807, 2.05) is 67.1 Å². The van der Waals surface area contributed by atoms with Crippen LogP contribution >= 0.6 is 0 Å². The first-order valence-corrected chi connectivity index (χ1v) is 14.4. The van der Waals surface area contributed by atoms with Gasteiger partial charge in [-0.15, -0.1) is 0 Å². The zero-order valence-electron chi connectivity index (χ0n) is 22.9. The Bertz CT molecular complexity index is 1630. The second kappa shape index (κ2) is 11.1. The first-order chi connectivity index (χ1) is 19.2. The number of anilines is 1. The van der Waals surface area contributed by atoms with E-state index in [0.717, 1.165) is 28.1 Å². The molecule has 208 valence electrons. The van der Waals surface area contributed by atoms with E-state index < -0.39 is 15.9 Å². The highest BCUT2D eigenvalue weighted by molar-refractivity contribution is 7.89. The molecular formula is C30H32N4O5S. The Hall–Kier alpha value is -4.15. The standard InChI is InChI=1S/C30H32N4O5S/c1-20-5-8-24(17-21(20)2)33-18-28(22-6-11-25(38-3)12-7-22)31-30(33)32-29(35)19-34(23-9-10-23)40(36,37)27-15-13-26(39-4)14-16-27/h5-8,11-18,23H,9-10,19H2,1-4H3,(H,31,32,35). The molecule has 0 atom stereocenters. The van der Waals surface area contributed by atoms with Crippen LogP contribution in [0.4, 0.5) is 5.95 Å². The zero-order chi connectivity index (χ0) is 28.4. The zero-order valence-corrected chi connectivity index (χ0v) is 23.7. The minimum Gasteiger partial charge on any atom is -0.497 e. The van der Waals surface area contributed by atoms with Crippen LogP contribution in [0.2, 0.25) is 0 Å². The van der Waals surface area contributed by atoms with Crippen LogP contribution in [-0.2, 0) is 14.8 Å². The van der Waals surface area contributed by atoms with Crippen molar-refractivity contribution in [3.8, 4) is 28.4 Å². The third-order valence-corrected chi connectivity index (χ3v) is 8.94. The number of benzene rings is 3. The van der Waals surface area contributed by atoms with Gasteiger partial charge in [0.25, 0.3) is 0 Å². The molecule has 0 aliphatic heterocycles. The van der Waals surface area contributed by atoms with Gasteiger partial charge in [0.2, 0.25) is 21.9 Å². The van der Waals surface area contributed by atoms with Crippen molar-refractivity contribution in [1.82, 2.24) is 13.9 Å². The van der Waals surface area contributed by atoms with Crippen LogP contribution in [0.5, 0.6) is 11.5 Å². The number of carbonyl (C=O) groups excluding carboxylic acids is 1. The van der Waals surface area contributed by atoms with Gasteiger partial charge in [0.05, 0.1) is 31.4 Å². The molecule has 0 saturated heterocycles. The van der Waals surface area contributed by atoms with Crippen LogP contribution in [0, 0.1) is 13.8 Å². The van der Waals surface area contributed by atoms with Crippen molar-refractivity contribution < 1.29 is 22.7 Å². The van der Waals surface area contributed by atoms with Crippen LogP contribution in [0.25, 0.3) is 16.9 Å². The predicted octanol–water partition coefficient (Wildman–Crippen LogP) is 4.97. The molecule has 40 heavy (non-hydrogen) atoms. The molecule has 1 aromatic heterocycles. The van der Waals surface area contributed by atoms with Crippen LogP contribution < -0.4 is 14.8 Å². The Balaban J connectivity index is 1.44. The number of nitrogens with zero attached hydrogens (tertiary/aromatic N) is 3. The molecule has 1 saturated carbocycles. The van der Waals surface area contributed by atoms with Crippen LogP contribution in [0.1, 0.15) is 24.0 Å². The monoisotopic (exact) mass is 560 g/mol. The van der Waals surface area contributed by atoms with Crippen molar-refractivity contribution in [3.63, 3.8) is 0 Å². The van der Waals surface area contributed by atoms with Crippen LogP contribution in [0.3, 0.4) is 0 Å². The fourth-order valence-corrected chi connectivity index (χ4v) is 6.04. The number of amides is 1. The predicted molar refractivity (Wildman–Crippen MR) is 154 cm³/mol.